The fourth-order valence-electron chi connectivity index (χ4n) is 3.45. The zero-order valence-corrected chi connectivity index (χ0v) is 21.0. The molecule has 0 saturated heterocycles. The van der Waals surface area contributed by atoms with Gasteiger partial charge in [-0.25, -0.2) is 9.18 Å². The summed E-state index contributed by atoms with van der Waals surface area (Å²) in [5, 5.41) is 5.88. The first kappa shape index (κ1) is 26.5. The molecule has 0 spiro atoms. The molecule has 38 heavy (non-hydrogen) atoms. The average molecular weight is 534 g/mol. The Kier molecular flexibility index (Phi) is 9.15. The van der Waals surface area contributed by atoms with Crippen LogP contribution in [-0.2, 0) is 4.79 Å². The number of hydrogen-bond acceptors (Lipinski definition) is 4. The van der Waals surface area contributed by atoms with Crippen LogP contribution in [0.5, 0.6) is 17.2 Å². The van der Waals surface area contributed by atoms with Gasteiger partial charge in [-0.15, -0.1) is 0 Å². The van der Waals surface area contributed by atoms with Crippen LogP contribution in [0.25, 0.3) is 0 Å². The third kappa shape index (κ3) is 7.72. The first-order valence-corrected chi connectivity index (χ1v) is 12.2. The van der Waals surface area contributed by atoms with Crippen molar-refractivity contribution in [3.8, 4) is 17.2 Å². The van der Waals surface area contributed by atoms with Crippen molar-refractivity contribution in [1.82, 2.24) is 5.32 Å². The number of ether oxygens (including phenoxy) is 2. The van der Waals surface area contributed by atoms with Crippen LogP contribution in [0.1, 0.15) is 0 Å². The van der Waals surface area contributed by atoms with Gasteiger partial charge in [-0.05, 0) is 72.8 Å². The average Bonchev–Trinajstić information content (AvgIpc) is 2.93. The van der Waals surface area contributed by atoms with E-state index < -0.39 is 11.8 Å². The Balaban J connectivity index is 1.40. The molecular formula is C29H25ClFN3O4. The normalized spacial score (nSPS) is 10.4. The molecule has 0 bridgehead atoms. The molecule has 4 aromatic carbocycles. The number of para-hydroxylation sites is 2. The van der Waals surface area contributed by atoms with Crippen molar-refractivity contribution in [1.29, 1.82) is 0 Å². The summed E-state index contributed by atoms with van der Waals surface area (Å²) in [7, 11) is 0. The number of nitrogens with one attached hydrogen (secondary N) is 2. The van der Waals surface area contributed by atoms with Crippen LogP contribution in [0.4, 0.5) is 20.6 Å². The van der Waals surface area contributed by atoms with Crippen molar-refractivity contribution in [3.63, 3.8) is 0 Å². The number of nitrogens with zero attached hydrogens (tertiary/aromatic N) is 1. The molecule has 2 N–H and O–H groups in total. The van der Waals surface area contributed by atoms with E-state index >= 15 is 0 Å². The highest BCUT2D eigenvalue weighted by molar-refractivity contribution is 6.30. The molecule has 0 atom stereocenters. The standard InChI is InChI=1S/C29H25ClFN3O4/c30-21-10-14-23(15-11-21)37-20-28(35)32-18-19-34(29(36)33-27-9-5-4-8-26(27)31)22-12-16-25(17-13-22)38-24-6-2-1-3-7-24/h1-17H,18-20H2,(H,32,35)(H,33,36). The van der Waals surface area contributed by atoms with E-state index in [0.29, 0.717) is 28.0 Å². The minimum atomic E-state index is -0.557. The molecule has 0 aliphatic carbocycles. The second kappa shape index (κ2) is 13.1. The Labute approximate surface area is 224 Å². The van der Waals surface area contributed by atoms with Crippen LogP contribution in [0.15, 0.2) is 103 Å². The number of amides is 3. The van der Waals surface area contributed by atoms with Crippen LogP contribution >= 0.6 is 11.6 Å². The lowest BCUT2D eigenvalue weighted by Crippen LogP contribution is -2.42. The van der Waals surface area contributed by atoms with Crippen LogP contribution in [0, 0.1) is 5.82 Å². The van der Waals surface area contributed by atoms with E-state index in [0.717, 1.165) is 0 Å². The van der Waals surface area contributed by atoms with E-state index in [2.05, 4.69) is 10.6 Å². The first-order valence-electron chi connectivity index (χ1n) is 11.8. The Morgan fingerprint density at radius 1 is 0.789 bits per heavy atom. The lowest BCUT2D eigenvalue weighted by Gasteiger charge is -2.24. The number of halogens is 2. The van der Waals surface area contributed by atoms with Gasteiger partial charge in [0.05, 0.1) is 5.69 Å². The molecule has 0 aliphatic heterocycles. The van der Waals surface area contributed by atoms with Gasteiger partial charge in [-0.3, -0.25) is 9.69 Å². The fourth-order valence-corrected chi connectivity index (χ4v) is 3.58. The highest BCUT2D eigenvalue weighted by atomic mass is 35.5. The van der Waals surface area contributed by atoms with Gasteiger partial charge in [0.15, 0.2) is 6.61 Å². The van der Waals surface area contributed by atoms with Gasteiger partial charge in [-0.1, -0.05) is 41.9 Å². The molecule has 0 fully saturated rings. The van der Waals surface area contributed by atoms with Crippen LogP contribution in [-0.4, -0.2) is 31.6 Å². The van der Waals surface area contributed by atoms with Gasteiger partial charge in [0, 0.05) is 23.8 Å². The predicted octanol–water partition coefficient (Wildman–Crippen LogP) is 6.51. The summed E-state index contributed by atoms with van der Waals surface area (Å²) in [6, 6.07) is 28.2. The van der Waals surface area contributed by atoms with Gasteiger partial charge >= 0.3 is 6.03 Å². The summed E-state index contributed by atoms with van der Waals surface area (Å²) in [6.45, 7) is 0.0518. The minimum absolute atomic E-state index is 0.0481. The quantitative estimate of drug-likeness (QED) is 0.244. The Morgan fingerprint density at radius 2 is 1.42 bits per heavy atom. The van der Waals surface area contributed by atoms with Gasteiger partial charge in [0.2, 0.25) is 0 Å². The number of carbonyl (C=O) groups excluding carboxylic acids is 2. The Bertz CT molecular complexity index is 1350. The second-order valence-electron chi connectivity index (χ2n) is 8.06. The van der Waals surface area contributed by atoms with E-state index in [1.165, 1.54) is 23.1 Å². The summed E-state index contributed by atoms with van der Waals surface area (Å²) in [6.07, 6.45) is 0. The van der Waals surface area contributed by atoms with Crippen LogP contribution < -0.4 is 25.0 Å². The molecule has 9 heteroatoms. The maximum Gasteiger partial charge on any atom is 0.326 e. The largest absolute Gasteiger partial charge is 0.484 e. The topological polar surface area (TPSA) is 79.9 Å². The van der Waals surface area contributed by atoms with Crippen molar-refractivity contribution in [2.45, 2.75) is 0 Å². The fraction of sp³-hybridized carbons (Fsp3) is 0.103. The van der Waals surface area contributed by atoms with Gasteiger partial charge in [0.1, 0.15) is 23.1 Å². The molecule has 7 nitrogen and oxygen atoms in total. The van der Waals surface area contributed by atoms with Gasteiger partial charge in [-0.2, -0.15) is 0 Å². The van der Waals surface area contributed by atoms with E-state index in [4.69, 9.17) is 21.1 Å². The lowest BCUT2D eigenvalue weighted by molar-refractivity contribution is -0.123. The zero-order valence-electron chi connectivity index (χ0n) is 20.3. The first-order chi connectivity index (χ1) is 18.5. The number of benzene rings is 4. The highest BCUT2D eigenvalue weighted by Gasteiger charge is 2.18. The van der Waals surface area contributed by atoms with Crippen molar-refractivity contribution in [2.24, 2.45) is 0 Å². The molecule has 0 aliphatic rings. The number of hydrogen-bond donors (Lipinski definition) is 2. The molecule has 0 radical (unpaired) electrons. The number of carbonyl (C=O) groups is 2. The van der Waals surface area contributed by atoms with Crippen LogP contribution in [0.2, 0.25) is 5.02 Å². The van der Waals surface area contributed by atoms with E-state index in [1.807, 2.05) is 30.3 Å². The molecule has 0 aromatic heterocycles. The van der Waals surface area contributed by atoms with E-state index in [9.17, 15) is 14.0 Å². The van der Waals surface area contributed by atoms with Gasteiger partial charge in [0.25, 0.3) is 5.91 Å². The van der Waals surface area contributed by atoms with Crippen molar-refractivity contribution in [2.75, 3.05) is 29.9 Å². The molecule has 3 amide bonds. The summed E-state index contributed by atoms with van der Waals surface area (Å²) in [5.74, 6) is 0.856. The van der Waals surface area contributed by atoms with Crippen molar-refractivity contribution >= 4 is 34.9 Å². The molecule has 0 heterocycles. The number of anilines is 2. The maximum absolute atomic E-state index is 14.2. The molecule has 4 rings (SSSR count). The molecular weight excluding hydrogens is 509 g/mol. The number of urea groups is 1. The minimum Gasteiger partial charge on any atom is -0.484 e. The van der Waals surface area contributed by atoms with Crippen LogP contribution in [0.3, 0.4) is 0 Å². The monoisotopic (exact) mass is 533 g/mol. The predicted molar refractivity (Wildman–Crippen MR) is 146 cm³/mol. The summed E-state index contributed by atoms with van der Waals surface area (Å²) in [5.41, 5.74) is 0.581. The SMILES string of the molecule is O=C(COc1ccc(Cl)cc1)NCCN(C(=O)Nc1ccccc1F)c1ccc(Oc2ccccc2)cc1. The van der Waals surface area contributed by atoms with Crippen molar-refractivity contribution in [3.05, 3.63) is 114 Å². The maximum atomic E-state index is 14.2. The zero-order chi connectivity index (χ0) is 26.7. The van der Waals surface area contributed by atoms with E-state index in [-0.39, 0.29) is 31.3 Å². The smallest absolute Gasteiger partial charge is 0.326 e. The summed E-state index contributed by atoms with van der Waals surface area (Å²) < 4.78 is 25.4. The summed E-state index contributed by atoms with van der Waals surface area (Å²) in [4.78, 5) is 26.8. The molecule has 0 saturated carbocycles. The number of rotatable bonds is 10. The molecule has 0 unspecified atom stereocenters. The molecule has 194 valence electrons. The Hall–Kier alpha value is -4.56. The van der Waals surface area contributed by atoms with Gasteiger partial charge < -0.3 is 20.1 Å². The highest BCUT2D eigenvalue weighted by Crippen LogP contribution is 2.25. The summed E-state index contributed by atoms with van der Waals surface area (Å²) >= 11 is 5.85. The Morgan fingerprint density at radius 3 is 2.13 bits per heavy atom. The lowest BCUT2D eigenvalue weighted by atomic mass is 10.2. The molecule has 4 aromatic rings. The third-order valence-corrected chi connectivity index (χ3v) is 5.58. The third-order valence-electron chi connectivity index (χ3n) is 5.33. The van der Waals surface area contributed by atoms with Crippen molar-refractivity contribution < 1.29 is 23.5 Å². The second-order valence-corrected chi connectivity index (χ2v) is 8.50. The van der Waals surface area contributed by atoms with E-state index in [1.54, 1.807) is 54.6 Å².